The second kappa shape index (κ2) is 6.92. The maximum absolute atomic E-state index is 12.6. The monoisotopic (exact) mass is 374 g/mol. The molecule has 0 N–H and O–H groups in total. The first kappa shape index (κ1) is 17.3. The van der Waals surface area contributed by atoms with Gasteiger partial charge < -0.3 is 4.42 Å². The number of benzene rings is 2. The van der Waals surface area contributed by atoms with Gasteiger partial charge >= 0.3 is 0 Å². The molecule has 2 aromatic carbocycles. The summed E-state index contributed by atoms with van der Waals surface area (Å²) in [6, 6.07) is 16.6. The van der Waals surface area contributed by atoms with Crippen LogP contribution in [0.25, 0.3) is 22.2 Å². The van der Waals surface area contributed by atoms with Crippen molar-refractivity contribution in [1.82, 2.24) is 9.66 Å². The fraction of sp³-hybridized carbons (Fsp3) is 0.0500. The normalized spacial score (nSPS) is 11.3. The molecule has 2 aromatic heterocycles. The zero-order chi connectivity index (χ0) is 19.7. The third-order valence-electron chi connectivity index (χ3n) is 4.21. The highest BCUT2D eigenvalue weighted by Crippen LogP contribution is 2.24. The summed E-state index contributed by atoms with van der Waals surface area (Å²) in [5.41, 5.74) is 1.07. The van der Waals surface area contributed by atoms with Crippen molar-refractivity contribution in [2.45, 2.75) is 6.92 Å². The van der Waals surface area contributed by atoms with Crippen molar-refractivity contribution in [3.8, 4) is 11.3 Å². The molecule has 0 aliphatic rings. The number of hydrogen-bond donors (Lipinski definition) is 0. The molecule has 8 heteroatoms. The van der Waals surface area contributed by atoms with Crippen LogP contribution in [-0.2, 0) is 0 Å². The number of aryl methyl sites for hydroxylation is 1. The summed E-state index contributed by atoms with van der Waals surface area (Å²) in [7, 11) is 0. The lowest BCUT2D eigenvalue weighted by atomic mass is 10.1. The van der Waals surface area contributed by atoms with E-state index in [1.165, 1.54) is 23.0 Å². The molecule has 0 atom stereocenters. The SMILES string of the molecule is Cc1nc2ccccc2c(=O)n1/N=C\c1ccc(-c2ccc([N+](=O)[O-])cc2)o1. The topological polar surface area (TPSA) is 104 Å². The smallest absolute Gasteiger partial charge is 0.282 e. The summed E-state index contributed by atoms with van der Waals surface area (Å²) in [5.74, 6) is 1.44. The quantitative estimate of drug-likeness (QED) is 0.307. The Kier molecular flexibility index (Phi) is 4.29. The number of fused-ring (bicyclic) bond motifs is 1. The van der Waals surface area contributed by atoms with Gasteiger partial charge in [0.05, 0.1) is 22.0 Å². The Morgan fingerprint density at radius 1 is 1.11 bits per heavy atom. The molecule has 0 unspecified atom stereocenters. The zero-order valence-corrected chi connectivity index (χ0v) is 14.8. The molecule has 2 heterocycles. The van der Waals surface area contributed by atoms with E-state index in [1.54, 1.807) is 49.4 Å². The predicted octanol–water partition coefficient (Wildman–Crippen LogP) is 3.76. The van der Waals surface area contributed by atoms with Crippen LogP contribution in [0, 0.1) is 17.0 Å². The van der Waals surface area contributed by atoms with Gasteiger partial charge in [0.15, 0.2) is 0 Å². The molecule has 0 amide bonds. The van der Waals surface area contributed by atoms with Crippen molar-refractivity contribution in [3.63, 3.8) is 0 Å². The van der Waals surface area contributed by atoms with Crippen LogP contribution in [-0.4, -0.2) is 20.8 Å². The van der Waals surface area contributed by atoms with E-state index in [2.05, 4.69) is 10.1 Å². The van der Waals surface area contributed by atoms with Gasteiger partial charge in [-0.3, -0.25) is 14.9 Å². The van der Waals surface area contributed by atoms with E-state index in [9.17, 15) is 14.9 Å². The van der Waals surface area contributed by atoms with Gasteiger partial charge in [0.2, 0.25) is 0 Å². The third kappa shape index (κ3) is 3.18. The summed E-state index contributed by atoms with van der Waals surface area (Å²) < 4.78 is 6.92. The van der Waals surface area contributed by atoms with Gasteiger partial charge in [-0.2, -0.15) is 9.78 Å². The van der Waals surface area contributed by atoms with E-state index < -0.39 is 4.92 Å². The molecular formula is C20H14N4O4. The highest BCUT2D eigenvalue weighted by Gasteiger charge is 2.09. The molecule has 28 heavy (non-hydrogen) atoms. The predicted molar refractivity (Wildman–Crippen MR) is 105 cm³/mol. The first-order valence-electron chi connectivity index (χ1n) is 8.40. The first-order chi connectivity index (χ1) is 13.5. The Bertz CT molecular complexity index is 1270. The minimum absolute atomic E-state index is 0.00995. The Hall–Kier alpha value is -4.07. The van der Waals surface area contributed by atoms with Crippen molar-refractivity contribution < 1.29 is 9.34 Å². The number of para-hydroxylation sites is 1. The Balaban J connectivity index is 1.64. The third-order valence-corrected chi connectivity index (χ3v) is 4.21. The van der Waals surface area contributed by atoms with Crippen LogP contribution in [0.2, 0.25) is 0 Å². The molecule has 0 fully saturated rings. The molecule has 0 aliphatic carbocycles. The maximum atomic E-state index is 12.6. The van der Waals surface area contributed by atoms with E-state index in [-0.39, 0.29) is 11.2 Å². The number of aromatic nitrogens is 2. The van der Waals surface area contributed by atoms with Crippen molar-refractivity contribution in [3.05, 3.63) is 92.7 Å². The fourth-order valence-electron chi connectivity index (χ4n) is 2.81. The van der Waals surface area contributed by atoms with E-state index in [1.807, 2.05) is 6.07 Å². The Morgan fingerprint density at radius 3 is 2.61 bits per heavy atom. The van der Waals surface area contributed by atoms with Gasteiger partial charge in [-0.15, -0.1) is 0 Å². The van der Waals surface area contributed by atoms with Gasteiger partial charge in [-0.25, -0.2) is 4.98 Å². The number of furan rings is 1. The number of rotatable bonds is 4. The molecule has 0 radical (unpaired) electrons. The lowest BCUT2D eigenvalue weighted by molar-refractivity contribution is -0.384. The summed E-state index contributed by atoms with van der Waals surface area (Å²) in [5, 5.41) is 15.4. The molecule has 0 spiro atoms. The average Bonchev–Trinajstić information content (AvgIpc) is 3.17. The van der Waals surface area contributed by atoms with E-state index in [4.69, 9.17) is 4.42 Å². The lowest BCUT2D eigenvalue weighted by Gasteiger charge is -2.04. The number of nitrogens with zero attached hydrogens (tertiary/aromatic N) is 4. The molecule has 4 rings (SSSR count). The minimum Gasteiger partial charge on any atom is -0.455 e. The standard InChI is InChI=1S/C20H14N4O4/c1-13-22-18-5-3-2-4-17(18)20(25)23(13)21-12-16-10-11-19(28-16)14-6-8-15(9-7-14)24(26)27/h2-12H,1H3/b21-12-. The van der Waals surface area contributed by atoms with Crippen molar-refractivity contribution >= 4 is 22.8 Å². The van der Waals surface area contributed by atoms with Crippen LogP contribution in [0.4, 0.5) is 5.69 Å². The molecule has 0 aliphatic heterocycles. The van der Waals surface area contributed by atoms with Gasteiger partial charge in [-0.1, -0.05) is 12.1 Å². The van der Waals surface area contributed by atoms with Crippen molar-refractivity contribution in [2.24, 2.45) is 5.10 Å². The van der Waals surface area contributed by atoms with Crippen LogP contribution in [0.5, 0.6) is 0 Å². The van der Waals surface area contributed by atoms with Gasteiger partial charge in [0.25, 0.3) is 11.2 Å². The Labute approximate surface area is 158 Å². The van der Waals surface area contributed by atoms with Crippen LogP contribution < -0.4 is 5.56 Å². The number of hydrogen-bond acceptors (Lipinski definition) is 6. The second-order valence-electron chi connectivity index (χ2n) is 6.04. The highest BCUT2D eigenvalue weighted by atomic mass is 16.6. The van der Waals surface area contributed by atoms with E-state index >= 15 is 0 Å². The van der Waals surface area contributed by atoms with Crippen molar-refractivity contribution in [1.29, 1.82) is 0 Å². The number of non-ortho nitro benzene ring substituents is 1. The van der Waals surface area contributed by atoms with Crippen molar-refractivity contribution in [2.75, 3.05) is 0 Å². The summed E-state index contributed by atoms with van der Waals surface area (Å²) in [6.45, 7) is 1.70. The summed E-state index contributed by atoms with van der Waals surface area (Å²) in [4.78, 5) is 27.3. The fourth-order valence-corrected chi connectivity index (χ4v) is 2.81. The highest BCUT2D eigenvalue weighted by molar-refractivity contribution is 5.79. The molecule has 8 nitrogen and oxygen atoms in total. The van der Waals surface area contributed by atoms with E-state index in [0.29, 0.717) is 33.8 Å². The van der Waals surface area contributed by atoms with Crippen LogP contribution >= 0.6 is 0 Å². The molecule has 0 saturated heterocycles. The van der Waals surface area contributed by atoms with Crippen LogP contribution in [0.1, 0.15) is 11.6 Å². The zero-order valence-electron chi connectivity index (χ0n) is 14.8. The molecule has 138 valence electrons. The van der Waals surface area contributed by atoms with Gasteiger partial charge in [0.1, 0.15) is 17.3 Å². The maximum Gasteiger partial charge on any atom is 0.282 e. The van der Waals surface area contributed by atoms with E-state index in [0.717, 1.165) is 0 Å². The summed E-state index contributed by atoms with van der Waals surface area (Å²) >= 11 is 0. The van der Waals surface area contributed by atoms with Crippen LogP contribution in [0.3, 0.4) is 0 Å². The average molecular weight is 374 g/mol. The number of nitro benzene ring substituents is 1. The molecule has 4 aromatic rings. The Morgan fingerprint density at radius 2 is 1.86 bits per heavy atom. The summed E-state index contributed by atoms with van der Waals surface area (Å²) in [6.07, 6.45) is 1.43. The lowest BCUT2D eigenvalue weighted by Crippen LogP contribution is -2.20. The molecule has 0 saturated carbocycles. The molecular weight excluding hydrogens is 360 g/mol. The second-order valence-corrected chi connectivity index (χ2v) is 6.04. The largest absolute Gasteiger partial charge is 0.455 e. The van der Waals surface area contributed by atoms with Gasteiger partial charge in [-0.05, 0) is 43.3 Å². The van der Waals surface area contributed by atoms with Gasteiger partial charge in [0, 0.05) is 17.7 Å². The first-order valence-corrected chi connectivity index (χ1v) is 8.40. The molecule has 0 bridgehead atoms. The van der Waals surface area contributed by atoms with Crippen LogP contribution in [0.15, 0.2) is 75.0 Å². The number of nitro groups is 1. The minimum atomic E-state index is -0.457.